The van der Waals surface area contributed by atoms with Crippen molar-refractivity contribution in [2.24, 2.45) is 4.99 Å². The molecule has 2 aromatic carbocycles. The zero-order valence-electron chi connectivity index (χ0n) is 15.8. The number of aliphatic imine (C=N–C) groups is 1. The van der Waals surface area contributed by atoms with Gasteiger partial charge in [-0.15, -0.1) is 6.58 Å². The summed E-state index contributed by atoms with van der Waals surface area (Å²) >= 11 is 1.21. The highest BCUT2D eigenvalue weighted by atomic mass is 32.2. The van der Waals surface area contributed by atoms with Crippen LogP contribution in [0.3, 0.4) is 0 Å². The third-order valence-corrected chi connectivity index (χ3v) is 5.32. The lowest BCUT2D eigenvalue weighted by molar-refractivity contribution is -0.127. The third kappa shape index (κ3) is 5.03. The maximum atomic E-state index is 13.7. The molecular formula is C21H20FN3O3S. The highest BCUT2D eigenvalue weighted by molar-refractivity contribution is 8.15. The summed E-state index contributed by atoms with van der Waals surface area (Å²) in [6.07, 6.45) is 1.51. The largest absolute Gasteiger partial charge is 0.497 e. The predicted molar refractivity (Wildman–Crippen MR) is 113 cm³/mol. The van der Waals surface area contributed by atoms with Crippen LogP contribution in [0.15, 0.2) is 66.2 Å². The van der Waals surface area contributed by atoms with Crippen LogP contribution in [0.2, 0.25) is 0 Å². The number of halogens is 1. The molecule has 6 nitrogen and oxygen atoms in total. The van der Waals surface area contributed by atoms with Crippen LogP contribution in [0, 0.1) is 5.82 Å². The Morgan fingerprint density at radius 2 is 2.03 bits per heavy atom. The van der Waals surface area contributed by atoms with E-state index in [4.69, 9.17) is 4.74 Å². The molecule has 1 N–H and O–H groups in total. The van der Waals surface area contributed by atoms with Gasteiger partial charge in [-0.05, 0) is 36.4 Å². The minimum atomic E-state index is -0.640. The van der Waals surface area contributed by atoms with E-state index in [-0.39, 0.29) is 24.6 Å². The van der Waals surface area contributed by atoms with Crippen molar-refractivity contribution in [3.05, 3.63) is 67.0 Å². The third-order valence-electron chi connectivity index (χ3n) is 4.15. The molecule has 3 rings (SSSR count). The molecule has 0 spiro atoms. The number of carbonyl (C=O) groups excluding carboxylic acids is 2. The van der Waals surface area contributed by atoms with Crippen LogP contribution in [0.25, 0.3) is 0 Å². The smallest absolute Gasteiger partial charge is 0.242 e. The minimum absolute atomic E-state index is 0.0861. The summed E-state index contributed by atoms with van der Waals surface area (Å²) in [4.78, 5) is 31.1. The lowest BCUT2D eigenvalue weighted by atomic mass is 10.2. The zero-order valence-corrected chi connectivity index (χ0v) is 16.6. The van der Waals surface area contributed by atoms with E-state index in [2.05, 4.69) is 16.9 Å². The predicted octanol–water partition coefficient (Wildman–Crippen LogP) is 3.98. The highest BCUT2D eigenvalue weighted by Gasteiger charge is 2.38. The molecule has 0 radical (unpaired) electrons. The van der Waals surface area contributed by atoms with E-state index in [9.17, 15) is 14.0 Å². The Hall–Kier alpha value is -3.13. The maximum absolute atomic E-state index is 13.7. The SMILES string of the molecule is C=CCN1C(=O)[C@@H](CC(=O)Nc2ccccc2F)SC1=Nc1ccc(OC)cc1. The monoisotopic (exact) mass is 413 g/mol. The summed E-state index contributed by atoms with van der Waals surface area (Å²) in [5.74, 6) is -0.493. The van der Waals surface area contributed by atoms with Crippen molar-refractivity contribution in [2.75, 3.05) is 19.0 Å². The van der Waals surface area contributed by atoms with E-state index < -0.39 is 17.0 Å². The summed E-state index contributed by atoms with van der Waals surface area (Å²) in [6, 6.07) is 13.0. The molecule has 1 heterocycles. The van der Waals surface area contributed by atoms with Crippen molar-refractivity contribution < 1.29 is 18.7 Å². The van der Waals surface area contributed by atoms with E-state index in [0.29, 0.717) is 16.6 Å². The molecule has 1 fully saturated rings. The average molecular weight is 413 g/mol. The van der Waals surface area contributed by atoms with E-state index in [1.54, 1.807) is 43.5 Å². The molecule has 0 unspecified atom stereocenters. The van der Waals surface area contributed by atoms with Gasteiger partial charge in [0, 0.05) is 13.0 Å². The second-order valence-electron chi connectivity index (χ2n) is 6.17. The number of rotatable bonds is 7. The number of nitrogens with zero attached hydrogens (tertiary/aromatic N) is 2. The van der Waals surface area contributed by atoms with Crippen LogP contribution in [-0.4, -0.2) is 40.8 Å². The van der Waals surface area contributed by atoms with E-state index in [1.165, 1.54) is 34.9 Å². The molecule has 1 aliphatic heterocycles. The first-order valence-corrected chi connectivity index (χ1v) is 9.76. The summed E-state index contributed by atoms with van der Waals surface area (Å²) in [5, 5.41) is 2.36. The Morgan fingerprint density at radius 3 is 2.69 bits per heavy atom. The standard InChI is InChI=1S/C21H20FN3O3S/c1-3-12-25-20(27)18(13-19(26)24-17-7-5-4-6-16(17)22)29-21(25)23-14-8-10-15(28-2)11-9-14/h3-11,18H,1,12-13H2,2H3,(H,24,26)/t18-/m1/s1. The molecule has 0 aliphatic carbocycles. The number of anilines is 1. The van der Waals surface area contributed by atoms with Crippen molar-refractivity contribution >= 4 is 40.1 Å². The van der Waals surface area contributed by atoms with Crippen molar-refractivity contribution in [3.63, 3.8) is 0 Å². The summed E-state index contributed by atoms with van der Waals surface area (Å²) in [5.41, 5.74) is 0.745. The van der Waals surface area contributed by atoms with Crippen LogP contribution < -0.4 is 10.1 Å². The van der Waals surface area contributed by atoms with Gasteiger partial charge in [-0.2, -0.15) is 0 Å². The van der Waals surface area contributed by atoms with Gasteiger partial charge in [0.1, 0.15) is 16.8 Å². The molecule has 29 heavy (non-hydrogen) atoms. The molecule has 0 bridgehead atoms. The van der Waals surface area contributed by atoms with Crippen LogP contribution in [0.5, 0.6) is 5.75 Å². The van der Waals surface area contributed by atoms with E-state index >= 15 is 0 Å². The summed E-state index contributed by atoms with van der Waals surface area (Å²) in [6.45, 7) is 3.96. The average Bonchev–Trinajstić information content (AvgIpc) is 2.99. The number of carbonyl (C=O) groups is 2. The highest BCUT2D eigenvalue weighted by Crippen LogP contribution is 2.32. The number of benzene rings is 2. The fraction of sp³-hybridized carbons (Fsp3) is 0.190. The fourth-order valence-corrected chi connectivity index (χ4v) is 3.89. The molecule has 150 valence electrons. The Bertz CT molecular complexity index is 946. The van der Waals surface area contributed by atoms with E-state index in [0.717, 1.165) is 0 Å². The number of para-hydroxylation sites is 1. The van der Waals surface area contributed by atoms with Gasteiger partial charge in [-0.25, -0.2) is 9.38 Å². The van der Waals surface area contributed by atoms with Crippen LogP contribution in [0.1, 0.15) is 6.42 Å². The van der Waals surface area contributed by atoms with Crippen LogP contribution in [-0.2, 0) is 9.59 Å². The Morgan fingerprint density at radius 1 is 1.31 bits per heavy atom. The van der Waals surface area contributed by atoms with Crippen LogP contribution in [0.4, 0.5) is 15.8 Å². The molecule has 0 saturated carbocycles. The van der Waals surface area contributed by atoms with Crippen molar-refractivity contribution in [1.29, 1.82) is 0 Å². The number of thioether (sulfide) groups is 1. The summed E-state index contributed by atoms with van der Waals surface area (Å²) in [7, 11) is 1.58. The number of hydrogen-bond donors (Lipinski definition) is 1. The van der Waals surface area contributed by atoms with Crippen molar-refractivity contribution in [3.8, 4) is 5.75 Å². The molecule has 0 aromatic heterocycles. The van der Waals surface area contributed by atoms with Gasteiger partial charge in [0.05, 0.1) is 18.5 Å². The summed E-state index contributed by atoms with van der Waals surface area (Å²) < 4.78 is 18.9. The normalized spacial score (nSPS) is 17.4. The number of hydrogen-bond acceptors (Lipinski definition) is 5. The lowest BCUT2D eigenvalue weighted by Crippen LogP contribution is -2.33. The Balaban J connectivity index is 1.74. The number of methoxy groups -OCH3 is 1. The van der Waals surface area contributed by atoms with Gasteiger partial charge in [0.2, 0.25) is 11.8 Å². The van der Waals surface area contributed by atoms with Gasteiger partial charge < -0.3 is 10.1 Å². The van der Waals surface area contributed by atoms with Gasteiger partial charge in [-0.3, -0.25) is 14.5 Å². The fourth-order valence-electron chi connectivity index (χ4n) is 2.72. The second-order valence-corrected chi connectivity index (χ2v) is 7.34. The number of nitrogens with one attached hydrogen (secondary N) is 1. The minimum Gasteiger partial charge on any atom is -0.497 e. The van der Waals surface area contributed by atoms with Gasteiger partial charge in [0.25, 0.3) is 0 Å². The Kier molecular flexibility index (Phi) is 6.66. The van der Waals surface area contributed by atoms with Crippen molar-refractivity contribution in [2.45, 2.75) is 11.7 Å². The second kappa shape index (κ2) is 9.38. The molecule has 2 amide bonds. The zero-order chi connectivity index (χ0) is 20.8. The molecule has 1 saturated heterocycles. The molecule has 1 aliphatic rings. The number of amidine groups is 1. The van der Waals surface area contributed by atoms with E-state index in [1.807, 2.05) is 0 Å². The quantitative estimate of drug-likeness (QED) is 0.697. The molecule has 1 atom stereocenters. The molecular weight excluding hydrogens is 393 g/mol. The first-order chi connectivity index (χ1) is 14.0. The van der Waals surface area contributed by atoms with Gasteiger partial charge >= 0.3 is 0 Å². The van der Waals surface area contributed by atoms with Crippen molar-refractivity contribution in [1.82, 2.24) is 4.90 Å². The molecule has 2 aromatic rings. The first-order valence-electron chi connectivity index (χ1n) is 8.88. The number of ether oxygens (including phenoxy) is 1. The topological polar surface area (TPSA) is 71.0 Å². The van der Waals surface area contributed by atoms with Gasteiger partial charge in [-0.1, -0.05) is 30.0 Å². The van der Waals surface area contributed by atoms with Crippen LogP contribution >= 0.6 is 11.8 Å². The maximum Gasteiger partial charge on any atom is 0.242 e. The Labute approximate surface area is 172 Å². The van der Waals surface area contributed by atoms with Gasteiger partial charge in [0.15, 0.2) is 5.17 Å². The molecule has 8 heteroatoms. The first kappa shape index (κ1) is 20.6. The lowest BCUT2D eigenvalue weighted by Gasteiger charge is -2.14. The number of amides is 2.